The van der Waals surface area contributed by atoms with E-state index in [9.17, 15) is 0 Å². The van der Waals surface area contributed by atoms with E-state index in [1.165, 1.54) is 23.3 Å². The molecule has 0 spiro atoms. The number of fused-ring (bicyclic) bond motifs is 1. The van der Waals surface area contributed by atoms with Gasteiger partial charge in [0.25, 0.3) is 0 Å². The molecule has 1 aromatic heterocycles. The maximum atomic E-state index is 6.06. The quantitative estimate of drug-likeness (QED) is 0.736. The summed E-state index contributed by atoms with van der Waals surface area (Å²) in [5.74, 6) is 0. The van der Waals surface area contributed by atoms with E-state index in [1.807, 2.05) is 7.05 Å². The molecule has 66 valence electrons. The summed E-state index contributed by atoms with van der Waals surface area (Å²) in [6.45, 7) is 0. The van der Waals surface area contributed by atoms with Crippen LogP contribution >= 0.6 is 22.9 Å². The molecule has 1 nitrogen and oxygen atoms in total. The minimum absolute atomic E-state index is 0.629. The molecular weight excluding hydrogens is 190 g/mol. The highest BCUT2D eigenvalue weighted by Crippen LogP contribution is 2.33. The fraction of sp³-hybridized carbons (Fsp3) is 0.556. The average molecular weight is 202 g/mol. The molecule has 1 heterocycles. The summed E-state index contributed by atoms with van der Waals surface area (Å²) in [7, 11) is 2.02. The van der Waals surface area contributed by atoms with E-state index >= 15 is 0 Å². The topological polar surface area (TPSA) is 12.0 Å². The first-order chi connectivity index (χ1) is 5.81. The van der Waals surface area contributed by atoms with Crippen LogP contribution in [0.3, 0.4) is 0 Å². The van der Waals surface area contributed by atoms with E-state index in [0.717, 1.165) is 11.4 Å². The molecule has 0 saturated heterocycles. The maximum absolute atomic E-state index is 6.06. The molecule has 1 aliphatic rings. The van der Waals surface area contributed by atoms with Gasteiger partial charge in [-0.15, -0.1) is 11.3 Å². The molecule has 0 bridgehead atoms. The molecule has 3 heteroatoms. The normalized spacial score (nSPS) is 22.3. The van der Waals surface area contributed by atoms with Crippen molar-refractivity contribution in [2.45, 2.75) is 25.3 Å². The van der Waals surface area contributed by atoms with Crippen molar-refractivity contribution in [3.63, 3.8) is 0 Å². The van der Waals surface area contributed by atoms with Crippen LogP contribution < -0.4 is 5.32 Å². The Balaban J connectivity index is 2.26. The molecule has 1 unspecified atom stereocenters. The van der Waals surface area contributed by atoms with E-state index in [0.29, 0.717) is 6.04 Å². The lowest BCUT2D eigenvalue weighted by Crippen LogP contribution is -2.30. The molecule has 0 saturated carbocycles. The Morgan fingerprint density at radius 1 is 1.67 bits per heavy atom. The molecule has 0 fully saturated rings. The summed E-state index contributed by atoms with van der Waals surface area (Å²) in [6, 6.07) is 0.629. The molecule has 0 aromatic carbocycles. The van der Waals surface area contributed by atoms with Crippen LogP contribution in [0, 0.1) is 0 Å². The van der Waals surface area contributed by atoms with Gasteiger partial charge in [0, 0.05) is 16.3 Å². The van der Waals surface area contributed by atoms with E-state index in [4.69, 9.17) is 11.6 Å². The lowest BCUT2D eigenvalue weighted by Gasteiger charge is -2.21. The van der Waals surface area contributed by atoms with Crippen molar-refractivity contribution >= 4 is 22.9 Å². The van der Waals surface area contributed by atoms with Crippen molar-refractivity contribution in [2.24, 2.45) is 0 Å². The number of hydrogen-bond acceptors (Lipinski definition) is 2. The molecule has 1 aromatic rings. The van der Waals surface area contributed by atoms with E-state index in [2.05, 4.69) is 10.7 Å². The van der Waals surface area contributed by atoms with Gasteiger partial charge >= 0.3 is 0 Å². The molecule has 2 rings (SSSR count). The van der Waals surface area contributed by atoms with Crippen molar-refractivity contribution in [3.05, 3.63) is 20.8 Å². The van der Waals surface area contributed by atoms with Gasteiger partial charge in [0.2, 0.25) is 0 Å². The van der Waals surface area contributed by atoms with Crippen molar-refractivity contribution in [2.75, 3.05) is 7.05 Å². The minimum Gasteiger partial charge on any atom is -0.317 e. The molecule has 1 atom stereocenters. The van der Waals surface area contributed by atoms with Crippen LogP contribution in [0.15, 0.2) is 5.38 Å². The largest absolute Gasteiger partial charge is 0.317 e. The average Bonchev–Trinajstić information content (AvgIpc) is 2.47. The second-order valence-corrected chi connectivity index (χ2v) is 4.59. The Morgan fingerprint density at radius 3 is 3.25 bits per heavy atom. The molecule has 0 amide bonds. The van der Waals surface area contributed by atoms with Crippen LogP contribution in [0.4, 0.5) is 0 Å². The summed E-state index contributed by atoms with van der Waals surface area (Å²) in [6.07, 6.45) is 3.55. The van der Waals surface area contributed by atoms with Gasteiger partial charge in [-0.05, 0) is 31.9 Å². The molecule has 1 aliphatic carbocycles. The van der Waals surface area contributed by atoms with Crippen LogP contribution in [-0.4, -0.2) is 13.1 Å². The zero-order chi connectivity index (χ0) is 8.55. The van der Waals surface area contributed by atoms with Crippen LogP contribution in [0.25, 0.3) is 0 Å². The number of hydrogen-bond donors (Lipinski definition) is 1. The van der Waals surface area contributed by atoms with Crippen LogP contribution in [0.1, 0.15) is 16.9 Å². The van der Waals surface area contributed by atoms with Gasteiger partial charge in [0.05, 0.1) is 5.02 Å². The SMILES string of the molecule is CNC1CCc2scc(Cl)c2C1. The standard InChI is InChI=1S/C9H12ClNS/c1-11-6-2-3-9-7(4-6)8(10)5-12-9/h5-6,11H,2-4H2,1H3. The van der Waals surface area contributed by atoms with Gasteiger partial charge in [0.15, 0.2) is 0 Å². The van der Waals surface area contributed by atoms with Crippen molar-refractivity contribution in [3.8, 4) is 0 Å². The fourth-order valence-corrected chi connectivity index (χ4v) is 3.06. The summed E-state index contributed by atoms with van der Waals surface area (Å²) >= 11 is 7.87. The minimum atomic E-state index is 0.629. The number of aryl methyl sites for hydroxylation is 1. The Morgan fingerprint density at radius 2 is 2.50 bits per heavy atom. The number of nitrogens with one attached hydrogen (secondary N) is 1. The highest BCUT2D eigenvalue weighted by Gasteiger charge is 2.20. The van der Waals surface area contributed by atoms with Gasteiger partial charge in [0.1, 0.15) is 0 Å². The van der Waals surface area contributed by atoms with Gasteiger partial charge in [-0.2, -0.15) is 0 Å². The predicted octanol–water partition coefficient (Wildman–Crippen LogP) is 2.48. The molecule has 1 N–H and O–H groups in total. The number of halogens is 1. The second-order valence-electron chi connectivity index (χ2n) is 3.21. The summed E-state index contributed by atoms with van der Waals surface area (Å²) < 4.78 is 0. The monoisotopic (exact) mass is 201 g/mol. The number of rotatable bonds is 1. The third-order valence-corrected chi connectivity index (χ3v) is 4.06. The van der Waals surface area contributed by atoms with Crippen LogP contribution in [0.5, 0.6) is 0 Å². The smallest absolute Gasteiger partial charge is 0.0548 e. The zero-order valence-corrected chi connectivity index (χ0v) is 8.63. The van der Waals surface area contributed by atoms with Crippen LogP contribution in [-0.2, 0) is 12.8 Å². The first-order valence-electron chi connectivity index (χ1n) is 4.23. The van der Waals surface area contributed by atoms with Gasteiger partial charge in [-0.25, -0.2) is 0 Å². The Hall–Kier alpha value is -0.0500. The van der Waals surface area contributed by atoms with Gasteiger partial charge in [-0.3, -0.25) is 0 Å². The molecule has 12 heavy (non-hydrogen) atoms. The third-order valence-electron chi connectivity index (χ3n) is 2.51. The lowest BCUT2D eigenvalue weighted by atomic mass is 9.95. The fourth-order valence-electron chi connectivity index (χ4n) is 1.72. The van der Waals surface area contributed by atoms with Crippen molar-refractivity contribution in [1.82, 2.24) is 5.32 Å². The highest BCUT2D eigenvalue weighted by molar-refractivity contribution is 7.10. The highest BCUT2D eigenvalue weighted by atomic mass is 35.5. The molecule has 0 radical (unpaired) electrons. The first-order valence-corrected chi connectivity index (χ1v) is 5.49. The summed E-state index contributed by atoms with van der Waals surface area (Å²) in [5.41, 5.74) is 1.38. The van der Waals surface area contributed by atoms with E-state index in [-0.39, 0.29) is 0 Å². The predicted molar refractivity (Wildman–Crippen MR) is 54.2 cm³/mol. The zero-order valence-electron chi connectivity index (χ0n) is 7.06. The maximum Gasteiger partial charge on any atom is 0.0548 e. The Kier molecular flexibility index (Phi) is 2.40. The Labute approximate surface area is 81.7 Å². The van der Waals surface area contributed by atoms with E-state index < -0.39 is 0 Å². The van der Waals surface area contributed by atoms with E-state index in [1.54, 1.807) is 11.3 Å². The number of thiophene rings is 1. The van der Waals surface area contributed by atoms with Crippen molar-refractivity contribution < 1.29 is 0 Å². The number of likely N-dealkylation sites (N-methyl/N-ethyl adjacent to an activating group) is 1. The lowest BCUT2D eigenvalue weighted by molar-refractivity contribution is 0.501. The van der Waals surface area contributed by atoms with Gasteiger partial charge in [-0.1, -0.05) is 11.6 Å². The van der Waals surface area contributed by atoms with Crippen molar-refractivity contribution in [1.29, 1.82) is 0 Å². The summed E-state index contributed by atoms with van der Waals surface area (Å²) in [4.78, 5) is 1.49. The van der Waals surface area contributed by atoms with Gasteiger partial charge < -0.3 is 5.32 Å². The van der Waals surface area contributed by atoms with Crippen LogP contribution in [0.2, 0.25) is 5.02 Å². The molecule has 0 aliphatic heterocycles. The molecular formula is C9H12ClNS. The first kappa shape index (κ1) is 8.54. The second kappa shape index (κ2) is 3.36. The third kappa shape index (κ3) is 1.39. The Bertz CT molecular complexity index is 282. The summed E-state index contributed by atoms with van der Waals surface area (Å²) in [5, 5.41) is 6.34.